The number of amidine groups is 1. The van der Waals surface area contributed by atoms with Crippen LogP contribution in [0.15, 0.2) is 84.1 Å². The van der Waals surface area contributed by atoms with Crippen LogP contribution in [0.1, 0.15) is 30.9 Å². The number of aliphatic imine (C=N–C) groups is 1. The lowest BCUT2D eigenvalue weighted by atomic mass is 10.1. The predicted octanol–water partition coefficient (Wildman–Crippen LogP) is 7.09. The molecule has 0 spiro atoms. The van der Waals surface area contributed by atoms with Gasteiger partial charge in [0.25, 0.3) is 0 Å². The summed E-state index contributed by atoms with van der Waals surface area (Å²) in [7, 11) is 0. The molecule has 1 N–H and O–H groups in total. The molecule has 5 rings (SSSR count). The van der Waals surface area contributed by atoms with Crippen LogP contribution in [0, 0.1) is 0 Å². The summed E-state index contributed by atoms with van der Waals surface area (Å²) in [6.07, 6.45) is 0.549. The first-order chi connectivity index (χ1) is 21.8. The summed E-state index contributed by atoms with van der Waals surface area (Å²) >= 11 is 3.17. The second-order valence-electron chi connectivity index (χ2n) is 10.2. The fourth-order valence-electron chi connectivity index (χ4n) is 4.82. The molecule has 1 fully saturated rings. The van der Waals surface area contributed by atoms with Gasteiger partial charge in [-0.1, -0.05) is 61.5 Å². The van der Waals surface area contributed by atoms with Gasteiger partial charge in [0, 0.05) is 11.4 Å². The number of benzene rings is 3. The number of thioether (sulfide) groups is 2. The first-order valence-electron chi connectivity index (χ1n) is 14.5. The molecule has 1 aromatic heterocycles. The Morgan fingerprint density at radius 1 is 1.07 bits per heavy atom. The van der Waals surface area contributed by atoms with Crippen molar-refractivity contribution in [1.82, 2.24) is 20.1 Å². The van der Waals surface area contributed by atoms with Crippen LogP contribution in [-0.2, 0) is 17.6 Å². The Morgan fingerprint density at radius 2 is 1.89 bits per heavy atom. The van der Waals surface area contributed by atoms with Crippen molar-refractivity contribution >= 4 is 40.3 Å². The lowest BCUT2D eigenvalue weighted by Gasteiger charge is -2.19. The number of nitrogens with one attached hydrogen (secondary N) is 1. The molecule has 1 saturated heterocycles. The molecule has 0 unspecified atom stereocenters. The normalized spacial score (nSPS) is 14.4. The number of carbonyl (C=O) groups excluding carboxylic acids is 1. The lowest BCUT2D eigenvalue weighted by Crippen LogP contribution is -2.30. The fourth-order valence-corrected chi connectivity index (χ4v) is 6.36. The molecule has 4 aromatic rings. The first-order valence-corrected chi connectivity index (χ1v) is 16.7. The maximum atomic E-state index is 12.6. The maximum absolute atomic E-state index is 12.6. The maximum Gasteiger partial charge on any atom is 0.573 e. The molecule has 1 amide bonds. The van der Waals surface area contributed by atoms with E-state index in [9.17, 15) is 18.0 Å². The third-order valence-electron chi connectivity index (χ3n) is 6.84. The van der Waals surface area contributed by atoms with E-state index in [1.165, 1.54) is 52.6 Å². The highest BCUT2D eigenvalue weighted by Crippen LogP contribution is 2.30. The number of carbonyl (C=O) groups is 1. The van der Waals surface area contributed by atoms with Gasteiger partial charge in [0.05, 0.1) is 23.0 Å². The van der Waals surface area contributed by atoms with Crippen molar-refractivity contribution in [1.29, 1.82) is 0 Å². The lowest BCUT2D eigenvalue weighted by molar-refractivity contribution is -0.274. The van der Waals surface area contributed by atoms with Crippen molar-refractivity contribution in [3.05, 3.63) is 90.3 Å². The molecule has 0 bridgehead atoms. The van der Waals surface area contributed by atoms with Crippen LogP contribution in [0.25, 0.3) is 17.1 Å². The van der Waals surface area contributed by atoms with Crippen LogP contribution in [0.5, 0.6) is 5.75 Å². The minimum absolute atomic E-state index is 0.0757. The third-order valence-corrected chi connectivity index (χ3v) is 8.52. The second-order valence-corrected chi connectivity index (χ2v) is 12.1. The Labute approximate surface area is 268 Å². The number of halogens is 3. The van der Waals surface area contributed by atoms with Gasteiger partial charge in [-0.25, -0.2) is 9.67 Å². The average Bonchev–Trinajstić information content (AvgIpc) is 3.66. The minimum Gasteiger partial charge on any atom is -0.406 e. The molecular weight excluding hydrogens is 622 g/mol. The zero-order chi connectivity index (χ0) is 31.6. The van der Waals surface area contributed by atoms with Crippen molar-refractivity contribution in [3.63, 3.8) is 0 Å². The zero-order valence-corrected chi connectivity index (χ0v) is 26.3. The number of aromatic nitrogens is 3. The van der Waals surface area contributed by atoms with E-state index in [1.54, 1.807) is 16.7 Å². The number of aryl methyl sites for hydroxylation is 2. The largest absolute Gasteiger partial charge is 0.573 e. The number of hydrogen-bond donors (Lipinski definition) is 1. The molecule has 236 valence electrons. The Bertz CT molecular complexity index is 1610. The number of rotatable bonds is 14. The van der Waals surface area contributed by atoms with Crippen molar-refractivity contribution < 1.29 is 22.7 Å². The van der Waals surface area contributed by atoms with Crippen molar-refractivity contribution in [2.24, 2.45) is 4.99 Å². The van der Waals surface area contributed by atoms with Gasteiger partial charge in [-0.2, -0.15) is 0 Å². The molecule has 0 saturated carbocycles. The van der Waals surface area contributed by atoms with E-state index in [4.69, 9.17) is 4.99 Å². The van der Waals surface area contributed by atoms with Gasteiger partial charge in [0.15, 0.2) is 11.0 Å². The summed E-state index contributed by atoms with van der Waals surface area (Å²) in [6.45, 7) is 2.98. The predicted molar refractivity (Wildman–Crippen MR) is 175 cm³/mol. The molecule has 0 atom stereocenters. The van der Waals surface area contributed by atoms with E-state index in [-0.39, 0.29) is 11.7 Å². The van der Waals surface area contributed by atoms with Crippen LogP contribution in [0.2, 0.25) is 0 Å². The van der Waals surface area contributed by atoms with E-state index in [2.05, 4.69) is 45.3 Å². The van der Waals surface area contributed by atoms with Crippen molar-refractivity contribution in [3.8, 4) is 22.8 Å². The highest BCUT2D eigenvalue weighted by molar-refractivity contribution is 8.15. The molecule has 0 aliphatic carbocycles. The molecule has 1 aliphatic heterocycles. The van der Waals surface area contributed by atoms with E-state index >= 15 is 0 Å². The topological polar surface area (TPSA) is 84.6 Å². The summed E-state index contributed by atoms with van der Waals surface area (Å²) < 4.78 is 42.7. The van der Waals surface area contributed by atoms with Gasteiger partial charge in [-0.3, -0.25) is 14.7 Å². The van der Waals surface area contributed by atoms with Gasteiger partial charge < -0.3 is 10.1 Å². The quantitative estimate of drug-likeness (QED) is 0.115. The van der Waals surface area contributed by atoms with Crippen LogP contribution in [0.3, 0.4) is 0 Å². The summed E-state index contributed by atoms with van der Waals surface area (Å²) in [6, 6.07) is 21.5. The summed E-state index contributed by atoms with van der Waals surface area (Å²) in [5, 5.41) is 8.71. The van der Waals surface area contributed by atoms with Gasteiger partial charge in [-0.05, 0) is 73.3 Å². The molecule has 1 aliphatic rings. The number of amides is 1. The average molecular weight is 655 g/mol. The highest BCUT2D eigenvalue weighted by Gasteiger charge is 2.31. The van der Waals surface area contributed by atoms with Crippen molar-refractivity contribution in [2.45, 2.75) is 39.0 Å². The van der Waals surface area contributed by atoms with Crippen LogP contribution in [0.4, 0.5) is 18.9 Å². The molecule has 0 radical (unpaired) electrons. The van der Waals surface area contributed by atoms with Crippen molar-refractivity contribution in [2.75, 3.05) is 29.0 Å². The SMILES string of the molecule is CCCc1ccccc1N1C(=O)CS/C1=N\CSCNCCCc1cccc(-c2ncn(-c3ccc(OC(F)(F)F)cc3)n2)c1. The zero-order valence-electron chi connectivity index (χ0n) is 24.7. The third kappa shape index (κ3) is 9.12. The van der Waals surface area contributed by atoms with Gasteiger partial charge >= 0.3 is 6.36 Å². The number of hydrogen-bond acceptors (Lipinski definition) is 8. The van der Waals surface area contributed by atoms with E-state index < -0.39 is 6.36 Å². The van der Waals surface area contributed by atoms with Crippen LogP contribution < -0.4 is 15.0 Å². The van der Waals surface area contributed by atoms with Crippen LogP contribution in [-0.4, -0.2) is 56.3 Å². The van der Waals surface area contributed by atoms with E-state index in [0.29, 0.717) is 23.1 Å². The molecular formula is C32H33F3N6O2S2. The number of alkyl halides is 3. The monoisotopic (exact) mass is 654 g/mol. The number of ether oxygens (including phenoxy) is 1. The minimum atomic E-state index is -4.74. The molecule has 8 nitrogen and oxygen atoms in total. The molecule has 3 aromatic carbocycles. The fraction of sp³-hybridized carbons (Fsp3) is 0.312. The molecule has 45 heavy (non-hydrogen) atoms. The summed E-state index contributed by atoms with van der Waals surface area (Å²) in [5.41, 5.74) is 4.70. The standard InChI is InChI=1S/C32H33F3N6O2S2/c1-2-7-24-10-3-4-12-28(24)41-29(42)19-45-31(41)38-22-44-21-36-17-6-9-23-8-5-11-25(18-23)30-37-20-40(39-30)26-13-15-27(16-14-26)43-32(33,34)35/h3-5,8,10-16,18,20,36H,2,6-7,9,17,19,21-22H2,1H3/b38-31-. The summed E-state index contributed by atoms with van der Waals surface area (Å²) in [5.74, 6) is 2.05. The number of para-hydroxylation sites is 1. The summed E-state index contributed by atoms with van der Waals surface area (Å²) in [4.78, 5) is 23.5. The van der Waals surface area contributed by atoms with Gasteiger partial charge in [0.1, 0.15) is 12.1 Å². The van der Waals surface area contributed by atoms with Gasteiger partial charge in [0.2, 0.25) is 5.91 Å². The van der Waals surface area contributed by atoms with Crippen LogP contribution >= 0.6 is 23.5 Å². The molecule has 2 heterocycles. The molecule has 13 heteroatoms. The number of anilines is 1. The second kappa shape index (κ2) is 15.5. The highest BCUT2D eigenvalue weighted by atomic mass is 32.2. The van der Waals surface area contributed by atoms with E-state index in [0.717, 1.165) is 60.1 Å². The number of nitrogens with zero attached hydrogens (tertiary/aromatic N) is 5. The first kappa shape index (κ1) is 32.6. The Balaban J connectivity index is 1.05. The van der Waals surface area contributed by atoms with Gasteiger partial charge in [-0.15, -0.1) is 30.0 Å². The Kier molecular flexibility index (Phi) is 11.2. The Hall–Kier alpha value is -3.81. The smallest absolute Gasteiger partial charge is 0.406 e. The Morgan fingerprint density at radius 3 is 2.69 bits per heavy atom. The van der Waals surface area contributed by atoms with E-state index in [1.807, 2.05) is 30.3 Å².